The van der Waals surface area contributed by atoms with Crippen LogP contribution in [0, 0.1) is 11.3 Å². The Hall–Kier alpha value is -3.62. The molecule has 1 atom stereocenters. The Morgan fingerprint density at radius 3 is 2.59 bits per heavy atom. The lowest BCUT2D eigenvalue weighted by Gasteiger charge is -2.33. The standard InChI is InChI=1S/C36H48N8/c1-4-25-17-29(42-14-6-8-28(38)23-42)19-32-35(25)44(30(20-37)21-39-2)36(40-32)33-18-27-7-5-9-31(26-12-15-41(3)16-13-26)34(27)43(33)22-24-10-11-24/h5,7,9,17-21,24,26,28,37,39H,4,6,8,10-16,22-23,38H2,1-3H3/b30-21+,37-20?. The number of allylic oxidation sites excluding steroid dienone is 1. The summed E-state index contributed by atoms with van der Waals surface area (Å²) in [7, 11) is 4.14. The molecule has 2 aromatic carbocycles. The minimum absolute atomic E-state index is 0.206. The van der Waals surface area contributed by atoms with Crippen molar-refractivity contribution in [3.63, 3.8) is 0 Å². The lowest BCUT2D eigenvalue weighted by atomic mass is 9.88. The van der Waals surface area contributed by atoms with Crippen LogP contribution in [0.25, 0.3) is 39.2 Å². The number of imidazole rings is 1. The molecule has 8 nitrogen and oxygen atoms in total. The van der Waals surface area contributed by atoms with Crippen LogP contribution in [0.3, 0.4) is 0 Å². The number of rotatable bonds is 9. The van der Waals surface area contributed by atoms with Gasteiger partial charge < -0.3 is 30.8 Å². The first-order valence-corrected chi connectivity index (χ1v) is 16.7. The molecule has 1 aliphatic carbocycles. The van der Waals surface area contributed by atoms with Gasteiger partial charge in [0.05, 0.1) is 27.9 Å². The minimum Gasteiger partial charge on any atom is -0.392 e. The monoisotopic (exact) mass is 592 g/mol. The molecule has 44 heavy (non-hydrogen) atoms. The Bertz CT molecular complexity index is 1700. The van der Waals surface area contributed by atoms with Gasteiger partial charge in [-0.05, 0) is 106 Å². The molecule has 0 bridgehead atoms. The number of aryl methyl sites for hydroxylation is 1. The normalized spacial score (nSPS) is 20.6. The van der Waals surface area contributed by atoms with Crippen LogP contribution >= 0.6 is 0 Å². The second kappa shape index (κ2) is 12.1. The molecule has 232 valence electrons. The number of anilines is 1. The molecule has 2 aliphatic heterocycles. The number of hydrogen-bond donors (Lipinski definition) is 3. The first-order valence-electron chi connectivity index (χ1n) is 16.7. The number of likely N-dealkylation sites (tertiary alicyclic amines) is 1. The van der Waals surface area contributed by atoms with Crippen LogP contribution in [-0.4, -0.2) is 71.5 Å². The van der Waals surface area contributed by atoms with Gasteiger partial charge in [-0.2, -0.15) is 0 Å². The summed E-state index contributed by atoms with van der Waals surface area (Å²) in [5, 5.41) is 13.0. The molecule has 3 fully saturated rings. The molecule has 1 saturated carbocycles. The lowest BCUT2D eigenvalue weighted by Crippen LogP contribution is -2.42. The zero-order valence-electron chi connectivity index (χ0n) is 26.6. The zero-order valence-corrected chi connectivity index (χ0v) is 26.6. The topological polar surface area (TPSA) is 91.1 Å². The van der Waals surface area contributed by atoms with Crippen molar-refractivity contribution < 1.29 is 0 Å². The van der Waals surface area contributed by atoms with Gasteiger partial charge in [-0.25, -0.2) is 4.98 Å². The quantitative estimate of drug-likeness (QED) is 0.206. The van der Waals surface area contributed by atoms with Crippen molar-refractivity contribution in [1.82, 2.24) is 24.3 Å². The van der Waals surface area contributed by atoms with E-state index in [0.717, 1.165) is 80.2 Å². The Morgan fingerprint density at radius 2 is 1.89 bits per heavy atom. The van der Waals surface area contributed by atoms with Crippen molar-refractivity contribution in [2.45, 2.75) is 70.4 Å². The smallest absolute Gasteiger partial charge is 0.162 e. The van der Waals surface area contributed by atoms with Crippen LogP contribution in [0.15, 0.2) is 42.6 Å². The molecule has 7 rings (SSSR count). The molecular weight excluding hydrogens is 544 g/mol. The number of aromatic nitrogens is 3. The van der Waals surface area contributed by atoms with E-state index >= 15 is 0 Å². The molecule has 3 aliphatic rings. The SMILES string of the molecule is CCc1cc(N2CCCC(N)C2)cc2nc(-c3cc4cccc(C5CCN(C)CC5)c4n3CC3CC3)n(/C(C=N)=C/NC)c12. The molecule has 8 heteroatoms. The van der Waals surface area contributed by atoms with E-state index < -0.39 is 0 Å². The average molecular weight is 593 g/mol. The van der Waals surface area contributed by atoms with E-state index in [1.165, 1.54) is 59.6 Å². The van der Waals surface area contributed by atoms with Gasteiger partial charge in [0.2, 0.25) is 0 Å². The highest BCUT2D eigenvalue weighted by Gasteiger charge is 2.30. The average Bonchev–Trinajstić information content (AvgIpc) is 3.67. The molecule has 4 N–H and O–H groups in total. The summed E-state index contributed by atoms with van der Waals surface area (Å²) < 4.78 is 4.83. The molecular formula is C36H48N8. The van der Waals surface area contributed by atoms with Crippen molar-refractivity contribution in [3.05, 3.63) is 53.7 Å². The minimum atomic E-state index is 0.206. The van der Waals surface area contributed by atoms with Crippen LogP contribution < -0.4 is 16.0 Å². The number of nitrogens with two attached hydrogens (primary N) is 1. The molecule has 2 aromatic heterocycles. The zero-order chi connectivity index (χ0) is 30.4. The largest absolute Gasteiger partial charge is 0.392 e. The number of piperidine rings is 2. The predicted octanol–water partition coefficient (Wildman–Crippen LogP) is 6.03. The van der Waals surface area contributed by atoms with Crippen LogP contribution in [0.1, 0.15) is 62.5 Å². The maximum Gasteiger partial charge on any atom is 0.162 e. The van der Waals surface area contributed by atoms with E-state index in [4.69, 9.17) is 16.1 Å². The summed E-state index contributed by atoms with van der Waals surface area (Å²) in [5.74, 6) is 2.20. The number of para-hydroxylation sites is 1. The summed E-state index contributed by atoms with van der Waals surface area (Å²) in [6, 6.07) is 14.1. The van der Waals surface area contributed by atoms with E-state index in [2.05, 4.69) is 74.6 Å². The highest BCUT2D eigenvalue weighted by atomic mass is 15.2. The van der Waals surface area contributed by atoms with Crippen LogP contribution in [0.4, 0.5) is 5.69 Å². The number of benzene rings is 2. The van der Waals surface area contributed by atoms with E-state index in [1.54, 1.807) is 0 Å². The first-order chi connectivity index (χ1) is 21.5. The van der Waals surface area contributed by atoms with Gasteiger partial charge >= 0.3 is 0 Å². The van der Waals surface area contributed by atoms with Crippen molar-refractivity contribution in [1.29, 1.82) is 5.41 Å². The Kier molecular flexibility index (Phi) is 7.97. The highest BCUT2D eigenvalue weighted by molar-refractivity contribution is 6.06. The van der Waals surface area contributed by atoms with Gasteiger partial charge in [0.25, 0.3) is 0 Å². The van der Waals surface area contributed by atoms with Crippen LogP contribution in [0.2, 0.25) is 0 Å². The van der Waals surface area contributed by atoms with Crippen LogP contribution in [0.5, 0.6) is 0 Å². The summed E-state index contributed by atoms with van der Waals surface area (Å²) in [4.78, 5) is 10.3. The second-order valence-electron chi connectivity index (χ2n) is 13.4. The number of nitrogens with one attached hydrogen (secondary N) is 2. The van der Waals surface area contributed by atoms with Crippen molar-refractivity contribution in [2.24, 2.45) is 11.7 Å². The molecule has 0 spiro atoms. The highest BCUT2D eigenvalue weighted by Crippen LogP contribution is 2.42. The fourth-order valence-corrected chi connectivity index (χ4v) is 7.65. The second-order valence-corrected chi connectivity index (χ2v) is 13.4. The lowest BCUT2D eigenvalue weighted by molar-refractivity contribution is 0.256. The summed E-state index contributed by atoms with van der Waals surface area (Å²) in [5.41, 5.74) is 15.7. The molecule has 0 radical (unpaired) electrons. The Balaban J connectivity index is 1.46. The predicted molar refractivity (Wildman–Crippen MR) is 184 cm³/mol. The molecule has 4 aromatic rings. The third kappa shape index (κ3) is 5.32. The fourth-order valence-electron chi connectivity index (χ4n) is 7.65. The van der Waals surface area contributed by atoms with E-state index in [0.29, 0.717) is 11.8 Å². The first kappa shape index (κ1) is 29.1. The van der Waals surface area contributed by atoms with Gasteiger partial charge in [-0.3, -0.25) is 4.57 Å². The van der Waals surface area contributed by atoms with Gasteiger partial charge in [0.1, 0.15) is 0 Å². The van der Waals surface area contributed by atoms with Crippen molar-refractivity contribution in [2.75, 3.05) is 45.2 Å². The Morgan fingerprint density at radius 1 is 1.07 bits per heavy atom. The molecule has 1 unspecified atom stereocenters. The molecule has 4 heterocycles. The van der Waals surface area contributed by atoms with E-state index in [9.17, 15) is 0 Å². The van der Waals surface area contributed by atoms with Gasteiger partial charge in [0, 0.05) is 56.2 Å². The molecule has 0 amide bonds. The maximum atomic E-state index is 8.48. The van der Waals surface area contributed by atoms with Crippen LogP contribution in [-0.2, 0) is 13.0 Å². The fraction of sp³-hybridized carbons (Fsp3) is 0.500. The summed E-state index contributed by atoms with van der Waals surface area (Å²) in [6.07, 6.45) is 11.4. The Labute approximate surface area is 261 Å². The van der Waals surface area contributed by atoms with Crippen molar-refractivity contribution in [3.8, 4) is 11.5 Å². The maximum absolute atomic E-state index is 8.48. The van der Waals surface area contributed by atoms with Gasteiger partial charge in [0.15, 0.2) is 5.82 Å². The third-order valence-electron chi connectivity index (χ3n) is 10.2. The number of nitrogens with zero attached hydrogens (tertiary/aromatic N) is 5. The summed E-state index contributed by atoms with van der Waals surface area (Å²) in [6.45, 7) is 7.43. The molecule has 2 saturated heterocycles. The van der Waals surface area contributed by atoms with E-state index in [-0.39, 0.29) is 6.04 Å². The van der Waals surface area contributed by atoms with Crippen molar-refractivity contribution >= 4 is 39.5 Å². The number of hydrogen-bond acceptors (Lipinski definition) is 6. The van der Waals surface area contributed by atoms with E-state index in [1.807, 2.05) is 13.2 Å². The summed E-state index contributed by atoms with van der Waals surface area (Å²) >= 11 is 0. The van der Waals surface area contributed by atoms with Gasteiger partial charge in [-0.1, -0.05) is 25.1 Å². The number of fused-ring (bicyclic) bond motifs is 2. The van der Waals surface area contributed by atoms with Gasteiger partial charge in [-0.15, -0.1) is 0 Å². The third-order valence-corrected chi connectivity index (χ3v) is 10.2.